The molecule has 2 amide bonds. The smallest absolute Gasteiger partial charge is 0.248 e. The molecule has 2 rings (SSSR count). The molecular formula is C14H16F2N2O2. The van der Waals surface area contributed by atoms with E-state index in [0.717, 1.165) is 12.1 Å². The molecule has 1 fully saturated rings. The number of carbonyl (C=O) groups excluding carboxylic acids is 2. The average Bonchev–Trinajstić information content (AvgIpc) is 2.38. The highest BCUT2D eigenvalue weighted by atomic mass is 19.1. The van der Waals surface area contributed by atoms with Crippen molar-refractivity contribution in [3.8, 4) is 0 Å². The first-order valence-corrected chi connectivity index (χ1v) is 6.40. The molecule has 108 valence electrons. The van der Waals surface area contributed by atoms with Crippen molar-refractivity contribution in [3.63, 3.8) is 0 Å². The number of hydrogen-bond acceptors (Lipinski definition) is 2. The third kappa shape index (κ3) is 2.64. The highest BCUT2D eigenvalue weighted by Gasteiger charge is 2.41. The van der Waals surface area contributed by atoms with Crippen LogP contribution in [-0.4, -0.2) is 28.8 Å². The molecule has 1 heterocycles. The summed E-state index contributed by atoms with van der Waals surface area (Å²) in [5.41, 5.74) is -0.779. The molecule has 1 atom stereocenters. The molecule has 1 aliphatic heterocycles. The van der Waals surface area contributed by atoms with E-state index in [-0.39, 0.29) is 30.5 Å². The van der Waals surface area contributed by atoms with Crippen LogP contribution >= 0.6 is 0 Å². The summed E-state index contributed by atoms with van der Waals surface area (Å²) < 4.78 is 26.5. The molecule has 1 saturated heterocycles. The van der Waals surface area contributed by atoms with Gasteiger partial charge in [0.2, 0.25) is 11.8 Å². The van der Waals surface area contributed by atoms with Gasteiger partial charge < -0.3 is 10.2 Å². The fourth-order valence-electron chi connectivity index (χ4n) is 2.22. The highest BCUT2D eigenvalue weighted by molar-refractivity contribution is 5.97. The standard InChI is InChI=1S/C14H16F2N2O2/c1-3-14(2)13(20)18(8-12(19)17-14)7-9-4-5-10(15)6-11(9)16/h4-6H,3,7-8H2,1-2H3,(H,17,19). The third-order valence-corrected chi connectivity index (χ3v) is 3.59. The predicted octanol–water partition coefficient (Wildman–Crippen LogP) is 1.59. The van der Waals surface area contributed by atoms with E-state index < -0.39 is 17.2 Å². The van der Waals surface area contributed by atoms with Crippen LogP contribution in [0.4, 0.5) is 8.78 Å². The molecule has 1 unspecified atom stereocenters. The first-order chi connectivity index (χ1) is 9.35. The summed E-state index contributed by atoms with van der Waals surface area (Å²) in [6.45, 7) is 3.26. The number of carbonyl (C=O) groups is 2. The van der Waals surface area contributed by atoms with Crippen LogP contribution in [0.2, 0.25) is 0 Å². The number of nitrogens with zero attached hydrogens (tertiary/aromatic N) is 1. The molecule has 0 bridgehead atoms. The van der Waals surface area contributed by atoms with Crippen molar-refractivity contribution in [2.24, 2.45) is 0 Å². The second kappa shape index (κ2) is 5.19. The lowest BCUT2D eigenvalue weighted by Gasteiger charge is -2.39. The van der Waals surface area contributed by atoms with E-state index >= 15 is 0 Å². The van der Waals surface area contributed by atoms with Gasteiger partial charge in [-0.1, -0.05) is 13.0 Å². The summed E-state index contributed by atoms with van der Waals surface area (Å²) in [4.78, 5) is 25.3. The minimum absolute atomic E-state index is 0.0477. The number of amides is 2. The van der Waals surface area contributed by atoms with Gasteiger partial charge in [-0.05, 0) is 19.4 Å². The molecule has 1 aromatic rings. The molecule has 6 heteroatoms. The van der Waals surface area contributed by atoms with Gasteiger partial charge in [0.05, 0.1) is 6.54 Å². The van der Waals surface area contributed by atoms with Crippen molar-refractivity contribution < 1.29 is 18.4 Å². The van der Waals surface area contributed by atoms with Crippen LogP contribution in [0.3, 0.4) is 0 Å². The van der Waals surface area contributed by atoms with Gasteiger partial charge in [-0.2, -0.15) is 0 Å². The average molecular weight is 282 g/mol. The fraction of sp³-hybridized carbons (Fsp3) is 0.429. The van der Waals surface area contributed by atoms with Crippen molar-refractivity contribution in [1.29, 1.82) is 0 Å². The monoisotopic (exact) mass is 282 g/mol. The Morgan fingerprint density at radius 1 is 1.35 bits per heavy atom. The number of halogens is 2. The largest absolute Gasteiger partial charge is 0.340 e. The lowest BCUT2D eigenvalue weighted by molar-refractivity contribution is -0.150. The quantitative estimate of drug-likeness (QED) is 0.915. The molecule has 1 N–H and O–H groups in total. The maximum atomic E-state index is 13.6. The first-order valence-electron chi connectivity index (χ1n) is 6.40. The van der Waals surface area contributed by atoms with E-state index in [1.807, 2.05) is 0 Å². The Morgan fingerprint density at radius 2 is 2.05 bits per heavy atom. The Balaban J connectivity index is 2.23. The summed E-state index contributed by atoms with van der Waals surface area (Å²) in [6.07, 6.45) is 0.444. The second-order valence-electron chi connectivity index (χ2n) is 5.13. The molecule has 0 saturated carbocycles. The van der Waals surface area contributed by atoms with E-state index in [1.54, 1.807) is 13.8 Å². The number of rotatable bonds is 3. The lowest BCUT2D eigenvalue weighted by atomic mass is 9.94. The Labute approximate surface area is 115 Å². The van der Waals surface area contributed by atoms with E-state index in [2.05, 4.69) is 5.32 Å². The van der Waals surface area contributed by atoms with Crippen LogP contribution in [0.1, 0.15) is 25.8 Å². The van der Waals surface area contributed by atoms with Gasteiger partial charge in [0, 0.05) is 18.2 Å². The number of hydrogen-bond donors (Lipinski definition) is 1. The highest BCUT2D eigenvalue weighted by Crippen LogP contribution is 2.20. The van der Waals surface area contributed by atoms with Gasteiger partial charge in [0.15, 0.2) is 0 Å². The maximum absolute atomic E-state index is 13.6. The van der Waals surface area contributed by atoms with Gasteiger partial charge in [-0.25, -0.2) is 8.78 Å². The summed E-state index contributed by atoms with van der Waals surface area (Å²) >= 11 is 0. The molecule has 1 aromatic carbocycles. The minimum Gasteiger partial charge on any atom is -0.340 e. The van der Waals surface area contributed by atoms with E-state index in [1.165, 1.54) is 11.0 Å². The summed E-state index contributed by atoms with van der Waals surface area (Å²) in [7, 11) is 0. The zero-order chi connectivity index (χ0) is 14.9. The zero-order valence-corrected chi connectivity index (χ0v) is 11.4. The molecule has 1 aliphatic rings. The Kier molecular flexibility index (Phi) is 3.74. The molecule has 20 heavy (non-hydrogen) atoms. The minimum atomic E-state index is -0.966. The lowest BCUT2D eigenvalue weighted by Crippen LogP contribution is -2.64. The Hall–Kier alpha value is -1.98. The van der Waals surface area contributed by atoms with Crippen LogP contribution in [0.5, 0.6) is 0 Å². The van der Waals surface area contributed by atoms with Crippen LogP contribution in [-0.2, 0) is 16.1 Å². The molecule has 0 aliphatic carbocycles. The molecule has 4 nitrogen and oxygen atoms in total. The molecular weight excluding hydrogens is 266 g/mol. The Morgan fingerprint density at radius 3 is 2.65 bits per heavy atom. The summed E-state index contributed by atoms with van der Waals surface area (Å²) in [5, 5.41) is 2.65. The van der Waals surface area contributed by atoms with Gasteiger partial charge in [-0.3, -0.25) is 9.59 Å². The van der Waals surface area contributed by atoms with Crippen molar-refractivity contribution in [1.82, 2.24) is 10.2 Å². The third-order valence-electron chi connectivity index (χ3n) is 3.59. The topological polar surface area (TPSA) is 49.4 Å². The van der Waals surface area contributed by atoms with Crippen molar-refractivity contribution in [2.45, 2.75) is 32.4 Å². The normalized spacial score (nSPS) is 22.9. The van der Waals surface area contributed by atoms with Gasteiger partial charge in [0.25, 0.3) is 0 Å². The summed E-state index contributed by atoms with van der Waals surface area (Å²) in [6, 6.07) is 3.18. The number of benzene rings is 1. The molecule has 0 radical (unpaired) electrons. The fourth-order valence-corrected chi connectivity index (χ4v) is 2.22. The summed E-state index contributed by atoms with van der Waals surface area (Å²) in [5.74, 6) is -1.94. The molecule has 0 spiro atoms. The number of piperazine rings is 1. The van der Waals surface area contributed by atoms with Crippen molar-refractivity contribution >= 4 is 11.8 Å². The van der Waals surface area contributed by atoms with Gasteiger partial charge in [0.1, 0.15) is 17.2 Å². The second-order valence-corrected chi connectivity index (χ2v) is 5.13. The van der Waals surface area contributed by atoms with Crippen molar-refractivity contribution in [3.05, 3.63) is 35.4 Å². The zero-order valence-electron chi connectivity index (χ0n) is 11.4. The van der Waals surface area contributed by atoms with Crippen LogP contribution in [0, 0.1) is 11.6 Å². The Bertz CT molecular complexity index is 562. The first kappa shape index (κ1) is 14.4. The van der Waals surface area contributed by atoms with Gasteiger partial charge in [-0.15, -0.1) is 0 Å². The van der Waals surface area contributed by atoms with Crippen LogP contribution < -0.4 is 5.32 Å². The van der Waals surface area contributed by atoms with Gasteiger partial charge >= 0.3 is 0 Å². The van der Waals surface area contributed by atoms with Crippen molar-refractivity contribution in [2.75, 3.05) is 6.54 Å². The maximum Gasteiger partial charge on any atom is 0.248 e. The van der Waals surface area contributed by atoms with E-state index in [4.69, 9.17) is 0 Å². The van der Waals surface area contributed by atoms with E-state index in [0.29, 0.717) is 6.42 Å². The SMILES string of the molecule is CCC1(C)NC(=O)CN(Cc2ccc(F)cc2F)C1=O. The van der Waals surface area contributed by atoms with E-state index in [9.17, 15) is 18.4 Å². The van der Waals surface area contributed by atoms with Crippen LogP contribution in [0.15, 0.2) is 18.2 Å². The molecule has 0 aromatic heterocycles. The number of nitrogens with one attached hydrogen (secondary N) is 1. The predicted molar refractivity (Wildman–Crippen MR) is 68.6 cm³/mol. The van der Waals surface area contributed by atoms with Crippen LogP contribution in [0.25, 0.3) is 0 Å².